The SMILES string of the molecule is C[C@@H]1C[C@@H](Nc2ccccc2)c2ccccc2N1C(=O)COc1ccc(Br)cc1. The minimum absolute atomic E-state index is 0.0110. The van der Waals surface area contributed by atoms with E-state index in [0.29, 0.717) is 5.75 Å². The van der Waals surface area contributed by atoms with Gasteiger partial charge in [0.25, 0.3) is 5.91 Å². The molecule has 4 rings (SSSR count). The van der Waals surface area contributed by atoms with E-state index in [-0.39, 0.29) is 24.6 Å². The first-order chi connectivity index (χ1) is 14.1. The van der Waals surface area contributed by atoms with E-state index in [9.17, 15) is 4.79 Å². The molecule has 0 saturated heterocycles. The van der Waals surface area contributed by atoms with Crippen molar-refractivity contribution in [3.05, 3.63) is 88.9 Å². The third kappa shape index (κ3) is 4.46. The molecule has 0 aromatic heterocycles. The lowest BCUT2D eigenvalue weighted by molar-refractivity contribution is -0.121. The predicted molar refractivity (Wildman–Crippen MR) is 120 cm³/mol. The lowest BCUT2D eigenvalue weighted by atomic mass is 9.91. The number of benzene rings is 3. The van der Waals surface area contributed by atoms with Gasteiger partial charge in [0, 0.05) is 21.9 Å². The number of anilines is 2. The van der Waals surface area contributed by atoms with Gasteiger partial charge in [-0.25, -0.2) is 0 Å². The summed E-state index contributed by atoms with van der Waals surface area (Å²) in [5.74, 6) is 0.647. The Labute approximate surface area is 179 Å². The molecule has 29 heavy (non-hydrogen) atoms. The number of carbonyl (C=O) groups excluding carboxylic acids is 1. The van der Waals surface area contributed by atoms with Crippen LogP contribution in [0.2, 0.25) is 0 Å². The van der Waals surface area contributed by atoms with Crippen molar-refractivity contribution in [2.24, 2.45) is 0 Å². The van der Waals surface area contributed by atoms with Crippen LogP contribution in [-0.4, -0.2) is 18.6 Å². The average Bonchev–Trinajstić information content (AvgIpc) is 2.74. The van der Waals surface area contributed by atoms with Crippen LogP contribution in [0.1, 0.15) is 24.9 Å². The van der Waals surface area contributed by atoms with Crippen LogP contribution >= 0.6 is 15.9 Å². The van der Waals surface area contributed by atoms with Crippen LogP contribution in [0.25, 0.3) is 0 Å². The van der Waals surface area contributed by atoms with Crippen LogP contribution in [0, 0.1) is 0 Å². The summed E-state index contributed by atoms with van der Waals surface area (Å²) in [7, 11) is 0. The second-order valence-corrected chi connectivity index (χ2v) is 8.13. The van der Waals surface area contributed by atoms with Gasteiger partial charge in [-0.2, -0.15) is 0 Å². The molecule has 2 atom stereocenters. The number of hydrogen-bond acceptors (Lipinski definition) is 3. The van der Waals surface area contributed by atoms with Crippen LogP contribution in [0.3, 0.4) is 0 Å². The molecular formula is C24H23BrN2O2. The molecule has 0 aliphatic carbocycles. The minimum Gasteiger partial charge on any atom is -0.484 e. The summed E-state index contributed by atoms with van der Waals surface area (Å²) in [5, 5.41) is 3.62. The minimum atomic E-state index is -0.0361. The van der Waals surface area contributed by atoms with E-state index in [1.54, 1.807) is 0 Å². The summed E-state index contributed by atoms with van der Waals surface area (Å²) in [4.78, 5) is 14.9. The number of nitrogens with one attached hydrogen (secondary N) is 1. The first kappa shape index (κ1) is 19.5. The summed E-state index contributed by atoms with van der Waals surface area (Å²) in [6, 6.07) is 26.0. The molecule has 1 N–H and O–H groups in total. The van der Waals surface area contributed by atoms with Crippen molar-refractivity contribution >= 4 is 33.2 Å². The smallest absolute Gasteiger partial charge is 0.265 e. The summed E-state index contributed by atoms with van der Waals surface area (Å²) in [6.45, 7) is 2.10. The van der Waals surface area contributed by atoms with Crippen LogP contribution < -0.4 is 15.0 Å². The van der Waals surface area contributed by atoms with Gasteiger partial charge in [-0.3, -0.25) is 4.79 Å². The highest BCUT2D eigenvalue weighted by molar-refractivity contribution is 9.10. The highest BCUT2D eigenvalue weighted by atomic mass is 79.9. The van der Waals surface area contributed by atoms with Crippen LogP contribution in [0.5, 0.6) is 5.75 Å². The Hall–Kier alpha value is -2.79. The lowest BCUT2D eigenvalue weighted by Gasteiger charge is -2.40. The maximum atomic E-state index is 13.0. The lowest BCUT2D eigenvalue weighted by Crippen LogP contribution is -2.46. The highest BCUT2D eigenvalue weighted by Crippen LogP contribution is 2.38. The standard InChI is InChI=1S/C24H23BrN2O2/c1-17-15-22(26-19-7-3-2-4-8-19)21-9-5-6-10-23(21)27(17)24(28)16-29-20-13-11-18(25)12-14-20/h2-14,17,22,26H,15-16H2,1H3/t17-,22-/m1/s1. The average molecular weight is 451 g/mol. The van der Waals surface area contributed by atoms with Gasteiger partial charge >= 0.3 is 0 Å². The predicted octanol–water partition coefficient (Wildman–Crippen LogP) is 5.81. The number of ether oxygens (including phenoxy) is 1. The van der Waals surface area contributed by atoms with Gasteiger partial charge in [0.15, 0.2) is 6.61 Å². The van der Waals surface area contributed by atoms with Gasteiger partial charge in [-0.05, 0) is 61.4 Å². The molecule has 0 unspecified atom stereocenters. The van der Waals surface area contributed by atoms with Crippen LogP contribution in [0.15, 0.2) is 83.3 Å². The quantitative estimate of drug-likeness (QED) is 0.533. The van der Waals surface area contributed by atoms with E-state index in [1.807, 2.05) is 65.6 Å². The van der Waals surface area contributed by atoms with Gasteiger partial charge in [0.05, 0.1) is 6.04 Å². The number of amides is 1. The van der Waals surface area contributed by atoms with Crippen LogP contribution in [-0.2, 0) is 4.79 Å². The van der Waals surface area contributed by atoms with E-state index in [2.05, 4.69) is 46.4 Å². The van der Waals surface area contributed by atoms with Crippen molar-refractivity contribution < 1.29 is 9.53 Å². The van der Waals surface area contributed by atoms with E-state index >= 15 is 0 Å². The van der Waals surface area contributed by atoms with Crippen molar-refractivity contribution in [1.29, 1.82) is 0 Å². The molecule has 0 radical (unpaired) electrons. The molecule has 3 aromatic rings. The molecule has 1 aliphatic heterocycles. The van der Waals surface area contributed by atoms with Crippen molar-refractivity contribution in [3.63, 3.8) is 0 Å². The van der Waals surface area contributed by atoms with Gasteiger partial charge in [-0.15, -0.1) is 0 Å². The molecule has 0 bridgehead atoms. The summed E-state index contributed by atoms with van der Waals surface area (Å²) >= 11 is 3.41. The summed E-state index contributed by atoms with van der Waals surface area (Å²) in [5.41, 5.74) is 3.16. The third-order valence-corrected chi connectivity index (χ3v) is 5.68. The molecule has 5 heteroatoms. The number of para-hydroxylation sites is 2. The Balaban J connectivity index is 1.53. The zero-order chi connectivity index (χ0) is 20.2. The topological polar surface area (TPSA) is 41.6 Å². The number of carbonyl (C=O) groups is 1. The Bertz CT molecular complexity index is 976. The number of nitrogens with zero attached hydrogens (tertiary/aromatic N) is 1. The van der Waals surface area contributed by atoms with Gasteiger partial charge in [-0.1, -0.05) is 52.3 Å². The van der Waals surface area contributed by atoms with Gasteiger partial charge in [0.1, 0.15) is 5.75 Å². The van der Waals surface area contributed by atoms with E-state index in [0.717, 1.165) is 27.8 Å². The van der Waals surface area contributed by atoms with Gasteiger partial charge < -0.3 is 15.0 Å². The maximum absolute atomic E-state index is 13.0. The molecular weight excluding hydrogens is 428 g/mol. The van der Waals surface area contributed by atoms with E-state index in [4.69, 9.17) is 4.74 Å². The Morgan fingerprint density at radius 3 is 2.48 bits per heavy atom. The summed E-state index contributed by atoms with van der Waals surface area (Å²) < 4.78 is 6.71. The number of halogens is 1. The van der Waals surface area contributed by atoms with Crippen molar-refractivity contribution in [1.82, 2.24) is 0 Å². The third-order valence-electron chi connectivity index (χ3n) is 5.15. The highest BCUT2D eigenvalue weighted by Gasteiger charge is 2.33. The number of rotatable bonds is 5. The fraction of sp³-hybridized carbons (Fsp3) is 0.208. The molecule has 1 amide bonds. The fourth-order valence-corrected chi connectivity index (χ4v) is 4.07. The molecule has 1 aliphatic rings. The number of hydrogen-bond donors (Lipinski definition) is 1. The molecule has 0 spiro atoms. The largest absolute Gasteiger partial charge is 0.484 e. The zero-order valence-electron chi connectivity index (χ0n) is 16.2. The molecule has 148 valence electrons. The Morgan fingerprint density at radius 2 is 1.72 bits per heavy atom. The van der Waals surface area contributed by atoms with E-state index in [1.165, 1.54) is 0 Å². The first-order valence-corrected chi connectivity index (χ1v) is 10.5. The normalized spacial score (nSPS) is 18.1. The fourth-order valence-electron chi connectivity index (χ4n) is 3.81. The Kier molecular flexibility index (Phi) is 5.86. The molecule has 4 nitrogen and oxygen atoms in total. The second kappa shape index (κ2) is 8.70. The maximum Gasteiger partial charge on any atom is 0.265 e. The monoisotopic (exact) mass is 450 g/mol. The summed E-state index contributed by atoms with van der Waals surface area (Å²) in [6.07, 6.45) is 0.829. The van der Waals surface area contributed by atoms with E-state index < -0.39 is 0 Å². The Morgan fingerprint density at radius 1 is 1.03 bits per heavy atom. The molecule has 3 aromatic carbocycles. The van der Waals surface area contributed by atoms with Crippen molar-refractivity contribution in [2.45, 2.75) is 25.4 Å². The van der Waals surface area contributed by atoms with Gasteiger partial charge in [0.2, 0.25) is 0 Å². The van der Waals surface area contributed by atoms with Crippen molar-refractivity contribution in [2.75, 3.05) is 16.8 Å². The van der Waals surface area contributed by atoms with Crippen LogP contribution in [0.4, 0.5) is 11.4 Å². The second-order valence-electron chi connectivity index (χ2n) is 7.21. The molecule has 0 saturated carbocycles. The molecule has 1 heterocycles. The number of fused-ring (bicyclic) bond motifs is 1. The van der Waals surface area contributed by atoms with Crippen molar-refractivity contribution in [3.8, 4) is 5.75 Å². The molecule has 0 fully saturated rings. The zero-order valence-corrected chi connectivity index (χ0v) is 17.8. The first-order valence-electron chi connectivity index (χ1n) is 9.73.